The van der Waals surface area contributed by atoms with Crippen LogP contribution in [0.2, 0.25) is 0 Å². The molecule has 0 bridgehead atoms. The molecule has 2 atom stereocenters. The number of carboxylic acid groups (broad SMARTS) is 1. The van der Waals surface area contributed by atoms with E-state index in [4.69, 9.17) is 0 Å². The summed E-state index contributed by atoms with van der Waals surface area (Å²) >= 11 is 0. The molecule has 0 aliphatic rings. The first kappa shape index (κ1) is 11.9. The average Bonchev–Trinajstić information content (AvgIpc) is 2.01. The summed E-state index contributed by atoms with van der Waals surface area (Å²) in [5, 5.41) is 19.7. The van der Waals surface area contributed by atoms with Crippen molar-refractivity contribution in [1.82, 2.24) is 0 Å². The van der Waals surface area contributed by atoms with E-state index in [0.29, 0.717) is 0 Å². The van der Waals surface area contributed by atoms with Crippen molar-refractivity contribution >= 4 is 11.9 Å². The molecule has 0 rings (SSSR count). The predicted molar refractivity (Wildman–Crippen MR) is 41.4 cm³/mol. The monoisotopic (exact) mass is 189 g/mol. The van der Waals surface area contributed by atoms with Crippen LogP contribution in [0.5, 0.6) is 0 Å². The van der Waals surface area contributed by atoms with Gasteiger partial charge in [0, 0.05) is 11.9 Å². The van der Waals surface area contributed by atoms with Crippen molar-refractivity contribution in [2.45, 2.75) is 20.0 Å². The minimum atomic E-state index is -1.66. The molecule has 1 N–H and O–H groups in total. The van der Waals surface area contributed by atoms with Gasteiger partial charge in [0.25, 0.3) is 0 Å². The number of hydrogen-bond donors (Lipinski definition) is 1. The zero-order valence-electron chi connectivity index (χ0n) is 7.81. The highest BCUT2D eigenvalue weighted by molar-refractivity contribution is 5.81. The predicted octanol–water partition coefficient (Wildman–Crippen LogP) is -1.46. The van der Waals surface area contributed by atoms with Gasteiger partial charge in [0.15, 0.2) is 6.10 Å². The number of rotatable bonds is 4. The van der Waals surface area contributed by atoms with E-state index in [1.807, 2.05) is 0 Å². The lowest BCUT2D eigenvalue weighted by atomic mass is 9.90. The van der Waals surface area contributed by atoms with Crippen LogP contribution in [0.15, 0.2) is 0 Å². The van der Waals surface area contributed by atoms with Crippen LogP contribution >= 0.6 is 0 Å². The van der Waals surface area contributed by atoms with Crippen LogP contribution in [0.4, 0.5) is 0 Å². The number of esters is 1. The second kappa shape index (κ2) is 4.81. The number of methoxy groups -OCH3 is 1. The molecule has 0 aromatic heterocycles. The molecule has 2 unspecified atom stereocenters. The van der Waals surface area contributed by atoms with Crippen molar-refractivity contribution < 1.29 is 24.5 Å². The molecule has 13 heavy (non-hydrogen) atoms. The second-order valence-corrected chi connectivity index (χ2v) is 3.06. The van der Waals surface area contributed by atoms with Crippen LogP contribution < -0.4 is 5.11 Å². The Balaban J connectivity index is 4.55. The Hall–Kier alpha value is -1.10. The average molecular weight is 189 g/mol. The summed E-state index contributed by atoms with van der Waals surface area (Å²) in [5.41, 5.74) is 0. The molecule has 0 aromatic carbocycles. The molecule has 0 heterocycles. The van der Waals surface area contributed by atoms with Crippen LogP contribution in [0.25, 0.3) is 0 Å². The molecule has 0 saturated heterocycles. The van der Waals surface area contributed by atoms with Crippen molar-refractivity contribution in [3.05, 3.63) is 0 Å². The lowest BCUT2D eigenvalue weighted by Crippen LogP contribution is -2.45. The summed E-state index contributed by atoms with van der Waals surface area (Å²) in [6.07, 6.45) is -1.66. The molecule has 0 amide bonds. The molecule has 0 aromatic rings. The van der Waals surface area contributed by atoms with Gasteiger partial charge in [-0.05, 0) is 5.92 Å². The maximum absolute atomic E-state index is 10.8. The third-order valence-corrected chi connectivity index (χ3v) is 1.77. The molecule has 0 radical (unpaired) electrons. The molecule has 0 fully saturated rings. The first-order chi connectivity index (χ1) is 5.91. The number of carbonyl (C=O) groups excluding carboxylic acids is 2. The number of aliphatic hydroxyl groups is 1. The fourth-order valence-electron chi connectivity index (χ4n) is 1.03. The Kier molecular flexibility index (Phi) is 4.40. The van der Waals surface area contributed by atoms with Crippen molar-refractivity contribution in [3.63, 3.8) is 0 Å². The van der Waals surface area contributed by atoms with Crippen LogP contribution in [-0.2, 0) is 14.3 Å². The zero-order valence-corrected chi connectivity index (χ0v) is 7.81. The van der Waals surface area contributed by atoms with Gasteiger partial charge < -0.3 is 19.7 Å². The van der Waals surface area contributed by atoms with Crippen molar-refractivity contribution in [2.24, 2.45) is 11.8 Å². The van der Waals surface area contributed by atoms with E-state index < -0.39 is 24.0 Å². The molecule has 5 heteroatoms. The standard InChI is InChI=1S/C8H14O5/c1-4(2)5(7(10)11)6(9)8(12)13-3/h4-6,9H,1-3H3,(H,10,11)/p-1. The molecule has 0 saturated carbocycles. The molecular formula is C8H13O5-. The van der Waals surface area contributed by atoms with Crippen LogP contribution in [0, 0.1) is 11.8 Å². The SMILES string of the molecule is COC(=O)C(O)C(C(=O)[O-])C(C)C. The Labute approximate surface area is 76.3 Å². The molecule has 0 spiro atoms. The number of carboxylic acids is 1. The Bertz CT molecular complexity index is 199. The van der Waals surface area contributed by atoms with E-state index in [0.717, 1.165) is 7.11 Å². The topological polar surface area (TPSA) is 86.7 Å². The van der Waals surface area contributed by atoms with Gasteiger partial charge in [-0.25, -0.2) is 4.79 Å². The molecule has 76 valence electrons. The summed E-state index contributed by atoms with van der Waals surface area (Å²) in [6.45, 7) is 3.15. The Morgan fingerprint density at radius 1 is 1.38 bits per heavy atom. The maximum Gasteiger partial charge on any atom is 0.335 e. The van der Waals surface area contributed by atoms with E-state index >= 15 is 0 Å². The van der Waals surface area contributed by atoms with Gasteiger partial charge in [0.1, 0.15) is 0 Å². The fraction of sp³-hybridized carbons (Fsp3) is 0.750. The van der Waals surface area contributed by atoms with E-state index in [1.54, 1.807) is 13.8 Å². The largest absolute Gasteiger partial charge is 0.550 e. The number of aliphatic hydroxyl groups excluding tert-OH is 1. The first-order valence-corrected chi connectivity index (χ1v) is 3.88. The Morgan fingerprint density at radius 2 is 1.85 bits per heavy atom. The quantitative estimate of drug-likeness (QED) is 0.546. The third-order valence-electron chi connectivity index (χ3n) is 1.77. The Morgan fingerprint density at radius 3 is 2.08 bits per heavy atom. The molecule has 5 nitrogen and oxygen atoms in total. The second-order valence-electron chi connectivity index (χ2n) is 3.06. The number of aliphatic carboxylic acids is 1. The van der Waals surface area contributed by atoms with Crippen molar-refractivity contribution in [3.8, 4) is 0 Å². The van der Waals surface area contributed by atoms with E-state index in [2.05, 4.69) is 4.74 Å². The molecule has 0 aliphatic carbocycles. The van der Waals surface area contributed by atoms with Crippen LogP contribution in [-0.4, -0.2) is 30.3 Å². The van der Waals surface area contributed by atoms with Crippen LogP contribution in [0.3, 0.4) is 0 Å². The lowest BCUT2D eigenvalue weighted by molar-refractivity contribution is -0.316. The summed E-state index contributed by atoms with van der Waals surface area (Å²) < 4.78 is 4.21. The van der Waals surface area contributed by atoms with E-state index in [-0.39, 0.29) is 5.92 Å². The van der Waals surface area contributed by atoms with Gasteiger partial charge >= 0.3 is 5.97 Å². The minimum Gasteiger partial charge on any atom is -0.550 e. The smallest absolute Gasteiger partial charge is 0.335 e. The van der Waals surface area contributed by atoms with Gasteiger partial charge in [-0.15, -0.1) is 0 Å². The molecule has 0 aliphatic heterocycles. The maximum atomic E-state index is 10.8. The van der Waals surface area contributed by atoms with E-state index in [1.165, 1.54) is 0 Å². The highest BCUT2D eigenvalue weighted by Gasteiger charge is 2.30. The van der Waals surface area contributed by atoms with Gasteiger partial charge in [-0.1, -0.05) is 13.8 Å². The summed E-state index contributed by atoms with van der Waals surface area (Å²) in [5.74, 6) is -4.03. The summed E-state index contributed by atoms with van der Waals surface area (Å²) in [4.78, 5) is 21.3. The van der Waals surface area contributed by atoms with E-state index in [9.17, 15) is 19.8 Å². The highest BCUT2D eigenvalue weighted by Crippen LogP contribution is 2.15. The van der Waals surface area contributed by atoms with Crippen LogP contribution in [0.1, 0.15) is 13.8 Å². The fourth-order valence-corrected chi connectivity index (χ4v) is 1.03. The van der Waals surface area contributed by atoms with Gasteiger partial charge in [0.05, 0.1) is 7.11 Å². The number of hydrogen-bond acceptors (Lipinski definition) is 5. The number of carbonyl (C=O) groups is 2. The van der Waals surface area contributed by atoms with Gasteiger partial charge in [0.2, 0.25) is 0 Å². The van der Waals surface area contributed by atoms with Crippen molar-refractivity contribution in [1.29, 1.82) is 0 Å². The minimum absolute atomic E-state index is 0.390. The van der Waals surface area contributed by atoms with Gasteiger partial charge in [-0.3, -0.25) is 0 Å². The number of ether oxygens (including phenoxy) is 1. The van der Waals surface area contributed by atoms with Gasteiger partial charge in [-0.2, -0.15) is 0 Å². The summed E-state index contributed by atoms with van der Waals surface area (Å²) in [6, 6.07) is 0. The first-order valence-electron chi connectivity index (χ1n) is 3.88. The van der Waals surface area contributed by atoms with Crippen molar-refractivity contribution in [2.75, 3.05) is 7.11 Å². The normalized spacial score (nSPS) is 15.2. The lowest BCUT2D eigenvalue weighted by Gasteiger charge is -2.25. The molecular weight excluding hydrogens is 176 g/mol. The summed E-state index contributed by atoms with van der Waals surface area (Å²) in [7, 11) is 1.08. The third kappa shape index (κ3) is 3.02. The highest BCUT2D eigenvalue weighted by atomic mass is 16.5. The zero-order chi connectivity index (χ0) is 10.6.